The summed E-state index contributed by atoms with van der Waals surface area (Å²) in [7, 11) is 3.50. The number of alkyl carbamates (subject to hydrolysis) is 1. The molecular formula is C21H33IN4O3. The van der Waals surface area contributed by atoms with Crippen LogP contribution in [-0.4, -0.2) is 63.4 Å². The average molecular weight is 516 g/mol. The van der Waals surface area contributed by atoms with Crippen LogP contribution in [0.5, 0.6) is 5.75 Å². The molecule has 1 amide bonds. The number of halogens is 1. The molecule has 0 bridgehead atoms. The molecule has 29 heavy (non-hydrogen) atoms. The lowest BCUT2D eigenvalue weighted by atomic mass is 9.98. The van der Waals surface area contributed by atoms with E-state index in [1.54, 1.807) is 7.11 Å². The van der Waals surface area contributed by atoms with Gasteiger partial charge in [0.05, 0.1) is 19.8 Å². The third-order valence-electron chi connectivity index (χ3n) is 5.54. The molecule has 162 valence electrons. The molecule has 1 aliphatic carbocycles. The van der Waals surface area contributed by atoms with Crippen molar-refractivity contribution in [1.29, 1.82) is 0 Å². The normalized spacial score (nSPS) is 19.9. The number of rotatable bonds is 7. The van der Waals surface area contributed by atoms with E-state index in [-0.39, 0.29) is 36.1 Å². The molecule has 0 radical (unpaired) electrons. The van der Waals surface area contributed by atoms with E-state index in [1.165, 1.54) is 5.56 Å². The predicted molar refractivity (Wildman–Crippen MR) is 125 cm³/mol. The Labute approximate surface area is 190 Å². The number of ether oxygens (including phenoxy) is 2. The highest BCUT2D eigenvalue weighted by Gasteiger charge is 2.33. The fourth-order valence-electron chi connectivity index (χ4n) is 3.79. The van der Waals surface area contributed by atoms with E-state index in [0.717, 1.165) is 44.1 Å². The van der Waals surface area contributed by atoms with Gasteiger partial charge in [-0.15, -0.1) is 24.0 Å². The number of nitrogens with zero attached hydrogens (tertiary/aromatic N) is 2. The molecule has 1 saturated heterocycles. The van der Waals surface area contributed by atoms with Gasteiger partial charge in [0.15, 0.2) is 5.96 Å². The molecule has 0 spiro atoms. The number of methoxy groups -OCH3 is 1. The van der Waals surface area contributed by atoms with Crippen molar-refractivity contribution in [2.24, 2.45) is 10.9 Å². The Bertz CT molecular complexity index is 679. The van der Waals surface area contributed by atoms with Crippen molar-refractivity contribution in [3.8, 4) is 5.75 Å². The Morgan fingerprint density at radius 1 is 1.28 bits per heavy atom. The van der Waals surface area contributed by atoms with Gasteiger partial charge in [0.25, 0.3) is 0 Å². The first-order chi connectivity index (χ1) is 13.6. The first-order valence-electron chi connectivity index (χ1n) is 10.2. The highest BCUT2D eigenvalue weighted by molar-refractivity contribution is 14.0. The van der Waals surface area contributed by atoms with Gasteiger partial charge in [0.1, 0.15) is 5.75 Å². The highest BCUT2D eigenvalue weighted by Crippen LogP contribution is 2.32. The third-order valence-corrected chi connectivity index (χ3v) is 5.54. The van der Waals surface area contributed by atoms with Gasteiger partial charge >= 0.3 is 6.09 Å². The van der Waals surface area contributed by atoms with Gasteiger partial charge in [0.2, 0.25) is 0 Å². The van der Waals surface area contributed by atoms with Crippen molar-refractivity contribution < 1.29 is 14.3 Å². The van der Waals surface area contributed by atoms with E-state index in [1.807, 2.05) is 26.1 Å². The monoisotopic (exact) mass is 516 g/mol. The second-order valence-corrected chi connectivity index (χ2v) is 7.44. The zero-order valence-corrected chi connectivity index (χ0v) is 19.8. The number of hydrogen-bond donors (Lipinski definition) is 2. The summed E-state index contributed by atoms with van der Waals surface area (Å²) in [5.41, 5.74) is 1.33. The quantitative estimate of drug-likeness (QED) is 0.331. The molecule has 1 aliphatic heterocycles. The van der Waals surface area contributed by atoms with Crippen molar-refractivity contribution in [3.63, 3.8) is 0 Å². The van der Waals surface area contributed by atoms with Crippen LogP contribution < -0.4 is 15.4 Å². The molecule has 2 N–H and O–H groups in total. The summed E-state index contributed by atoms with van der Waals surface area (Å²) in [5, 5.41) is 6.44. The first kappa shape index (κ1) is 23.6. The van der Waals surface area contributed by atoms with Gasteiger partial charge in [-0.25, -0.2) is 4.79 Å². The minimum absolute atomic E-state index is 0. The number of likely N-dealkylation sites (tertiary alicyclic amines) is 1. The Balaban J connectivity index is 0.00000300. The van der Waals surface area contributed by atoms with Crippen LogP contribution in [0.4, 0.5) is 4.79 Å². The zero-order chi connectivity index (χ0) is 19.9. The standard InChI is InChI=1S/C21H32N4O3.HI/c1-4-28-21(26)24-19(16-5-6-16)13-23-20(22-2)25-12-11-17(14-25)15-7-9-18(27-3)10-8-15;/h7-10,16-17,19H,4-6,11-14H2,1-3H3,(H,22,23)(H,24,26);1H. The molecule has 2 atom stereocenters. The largest absolute Gasteiger partial charge is 0.497 e. The molecule has 1 aromatic carbocycles. The Hall–Kier alpha value is -1.71. The summed E-state index contributed by atoms with van der Waals surface area (Å²) in [5.74, 6) is 2.80. The molecule has 1 heterocycles. The summed E-state index contributed by atoms with van der Waals surface area (Å²) in [6, 6.07) is 8.42. The van der Waals surface area contributed by atoms with Crippen LogP contribution in [0.25, 0.3) is 0 Å². The minimum atomic E-state index is -0.336. The van der Waals surface area contributed by atoms with Gasteiger partial charge in [-0.2, -0.15) is 0 Å². The number of guanidine groups is 1. The van der Waals surface area contributed by atoms with Crippen LogP contribution in [-0.2, 0) is 4.74 Å². The van der Waals surface area contributed by atoms with Crippen molar-refractivity contribution in [3.05, 3.63) is 29.8 Å². The lowest BCUT2D eigenvalue weighted by Gasteiger charge is -2.25. The van der Waals surface area contributed by atoms with Gasteiger partial charge < -0.3 is 25.0 Å². The zero-order valence-electron chi connectivity index (χ0n) is 17.5. The maximum absolute atomic E-state index is 11.8. The van der Waals surface area contributed by atoms with E-state index in [4.69, 9.17) is 9.47 Å². The van der Waals surface area contributed by atoms with E-state index in [2.05, 4.69) is 32.7 Å². The molecule has 3 rings (SSSR count). The van der Waals surface area contributed by atoms with Gasteiger partial charge in [-0.05, 0) is 49.8 Å². The molecule has 1 saturated carbocycles. The summed E-state index contributed by atoms with van der Waals surface area (Å²) < 4.78 is 10.3. The number of benzene rings is 1. The van der Waals surface area contributed by atoms with Gasteiger partial charge in [-0.3, -0.25) is 4.99 Å². The number of aliphatic imine (C=N–C) groups is 1. The lowest BCUT2D eigenvalue weighted by molar-refractivity contribution is 0.146. The van der Waals surface area contributed by atoms with Crippen molar-refractivity contribution in [1.82, 2.24) is 15.5 Å². The van der Waals surface area contributed by atoms with Crippen LogP contribution in [0.15, 0.2) is 29.3 Å². The number of carbonyl (C=O) groups is 1. The molecule has 7 nitrogen and oxygen atoms in total. The smallest absolute Gasteiger partial charge is 0.407 e. The van der Waals surface area contributed by atoms with Crippen LogP contribution in [0.2, 0.25) is 0 Å². The van der Waals surface area contributed by atoms with Gasteiger partial charge in [0, 0.05) is 32.6 Å². The number of nitrogens with one attached hydrogen (secondary N) is 2. The third kappa shape index (κ3) is 6.65. The maximum atomic E-state index is 11.8. The van der Waals surface area contributed by atoms with E-state index >= 15 is 0 Å². The van der Waals surface area contributed by atoms with Crippen molar-refractivity contribution >= 4 is 36.0 Å². The fourth-order valence-corrected chi connectivity index (χ4v) is 3.79. The predicted octanol–water partition coefficient (Wildman–Crippen LogP) is 3.20. The topological polar surface area (TPSA) is 75.2 Å². The minimum Gasteiger partial charge on any atom is -0.497 e. The van der Waals surface area contributed by atoms with Crippen molar-refractivity contribution in [2.75, 3.05) is 40.4 Å². The fraction of sp³-hybridized carbons (Fsp3) is 0.619. The number of amides is 1. The summed E-state index contributed by atoms with van der Waals surface area (Å²) in [6.07, 6.45) is 3.07. The Morgan fingerprint density at radius 2 is 2.00 bits per heavy atom. The summed E-state index contributed by atoms with van der Waals surface area (Å²) in [4.78, 5) is 18.5. The second-order valence-electron chi connectivity index (χ2n) is 7.44. The van der Waals surface area contributed by atoms with Crippen LogP contribution in [0.1, 0.15) is 37.7 Å². The van der Waals surface area contributed by atoms with Crippen LogP contribution >= 0.6 is 24.0 Å². The molecule has 8 heteroatoms. The van der Waals surface area contributed by atoms with E-state index < -0.39 is 0 Å². The Morgan fingerprint density at radius 3 is 2.59 bits per heavy atom. The van der Waals surface area contributed by atoms with Gasteiger partial charge in [-0.1, -0.05) is 12.1 Å². The van der Waals surface area contributed by atoms with E-state index in [9.17, 15) is 4.79 Å². The maximum Gasteiger partial charge on any atom is 0.407 e. The number of carbonyl (C=O) groups excluding carboxylic acids is 1. The molecule has 0 aromatic heterocycles. The summed E-state index contributed by atoms with van der Waals surface area (Å²) in [6.45, 7) is 4.78. The lowest BCUT2D eigenvalue weighted by Crippen LogP contribution is -2.49. The highest BCUT2D eigenvalue weighted by atomic mass is 127. The van der Waals surface area contributed by atoms with E-state index in [0.29, 0.717) is 25.0 Å². The average Bonchev–Trinajstić information content (AvgIpc) is 3.45. The molecule has 2 aliphatic rings. The second kappa shape index (κ2) is 11.5. The number of hydrogen-bond acceptors (Lipinski definition) is 4. The first-order valence-corrected chi connectivity index (χ1v) is 10.2. The van der Waals surface area contributed by atoms with Crippen LogP contribution in [0, 0.1) is 5.92 Å². The molecule has 2 fully saturated rings. The van der Waals surface area contributed by atoms with Crippen molar-refractivity contribution in [2.45, 2.75) is 38.1 Å². The molecule has 1 aromatic rings. The summed E-state index contributed by atoms with van der Waals surface area (Å²) >= 11 is 0. The SMILES string of the molecule is CCOC(=O)NC(CNC(=NC)N1CCC(c2ccc(OC)cc2)C1)C1CC1.I. The molecule has 2 unspecified atom stereocenters. The molecular weight excluding hydrogens is 483 g/mol. The Kier molecular flexibility index (Phi) is 9.32. The van der Waals surface area contributed by atoms with Crippen LogP contribution in [0.3, 0.4) is 0 Å².